The highest BCUT2D eigenvalue weighted by molar-refractivity contribution is 7.13. The van der Waals surface area contributed by atoms with E-state index < -0.39 is 4.92 Å². The van der Waals surface area contributed by atoms with Crippen LogP contribution in [0.25, 0.3) is 10.6 Å². The maximum atomic E-state index is 12.8. The van der Waals surface area contributed by atoms with Gasteiger partial charge in [0, 0.05) is 29.6 Å². The summed E-state index contributed by atoms with van der Waals surface area (Å²) in [5.41, 5.74) is 3.25. The average molecular weight is 409 g/mol. The van der Waals surface area contributed by atoms with Crippen molar-refractivity contribution in [2.45, 2.75) is 19.8 Å². The number of carbonyl (C=O) groups excluding carboxylic acids is 1. The number of rotatable bonds is 6. The van der Waals surface area contributed by atoms with Crippen LogP contribution >= 0.6 is 11.3 Å². The normalized spacial score (nSPS) is 12.7. The number of nitrogens with zero attached hydrogens (tertiary/aromatic N) is 3. The molecule has 0 aliphatic carbocycles. The standard InChI is InChI=1S/C21H19N3O4S/c1-2-28-18-7-4-15(5-8-18)21-22-16(13-29-21)11-20(25)23-10-9-14-3-6-17(24(26)27)12-19(14)23/h3-8,12-13H,2,9-11H2,1H3. The number of ether oxygens (including phenoxy) is 1. The average Bonchev–Trinajstić information content (AvgIpc) is 3.35. The largest absolute Gasteiger partial charge is 0.494 e. The van der Waals surface area contributed by atoms with E-state index in [2.05, 4.69) is 4.98 Å². The van der Waals surface area contributed by atoms with E-state index in [9.17, 15) is 14.9 Å². The summed E-state index contributed by atoms with van der Waals surface area (Å²) in [5, 5.41) is 13.8. The number of non-ortho nitro benzene ring substituents is 1. The van der Waals surface area contributed by atoms with Gasteiger partial charge in [0.1, 0.15) is 10.8 Å². The summed E-state index contributed by atoms with van der Waals surface area (Å²) < 4.78 is 5.45. The van der Waals surface area contributed by atoms with Gasteiger partial charge in [-0.3, -0.25) is 14.9 Å². The first kappa shape index (κ1) is 19.1. The van der Waals surface area contributed by atoms with E-state index in [-0.39, 0.29) is 18.0 Å². The van der Waals surface area contributed by atoms with Crippen molar-refractivity contribution in [2.24, 2.45) is 0 Å². The number of hydrogen-bond donors (Lipinski definition) is 0. The van der Waals surface area contributed by atoms with Crippen LogP contribution < -0.4 is 9.64 Å². The molecule has 148 valence electrons. The predicted octanol–water partition coefficient (Wildman–Crippen LogP) is 4.25. The third kappa shape index (κ3) is 3.97. The van der Waals surface area contributed by atoms with Gasteiger partial charge in [0.05, 0.1) is 29.3 Å². The van der Waals surface area contributed by atoms with Crippen LogP contribution in [-0.2, 0) is 17.6 Å². The number of anilines is 1. The molecule has 2 aromatic carbocycles. The number of aromatic nitrogens is 1. The topological polar surface area (TPSA) is 85.6 Å². The van der Waals surface area contributed by atoms with E-state index in [1.54, 1.807) is 11.0 Å². The molecule has 7 nitrogen and oxygen atoms in total. The first-order valence-corrected chi connectivity index (χ1v) is 10.2. The number of benzene rings is 2. The second kappa shape index (κ2) is 8.00. The van der Waals surface area contributed by atoms with E-state index >= 15 is 0 Å². The molecule has 0 saturated carbocycles. The molecule has 1 aliphatic heterocycles. The zero-order valence-corrected chi connectivity index (χ0v) is 16.6. The van der Waals surface area contributed by atoms with Crippen molar-refractivity contribution in [1.82, 2.24) is 4.98 Å². The number of nitro groups is 1. The fourth-order valence-corrected chi connectivity index (χ4v) is 4.20. The number of amides is 1. The summed E-state index contributed by atoms with van der Waals surface area (Å²) in [6.45, 7) is 3.09. The van der Waals surface area contributed by atoms with Crippen LogP contribution in [0.5, 0.6) is 5.75 Å². The Morgan fingerprint density at radius 1 is 1.28 bits per heavy atom. The lowest BCUT2D eigenvalue weighted by Crippen LogP contribution is -2.30. The molecule has 3 aromatic rings. The fraction of sp³-hybridized carbons (Fsp3) is 0.238. The highest BCUT2D eigenvalue weighted by Crippen LogP contribution is 2.32. The molecule has 0 N–H and O–H groups in total. The lowest BCUT2D eigenvalue weighted by molar-refractivity contribution is -0.384. The van der Waals surface area contributed by atoms with Crippen molar-refractivity contribution in [2.75, 3.05) is 18.1 Å². The molecule has 1 aliphatic rings. The number of fused-ring (bicyclic) bond motifs is 1. The molecule has 0 spiro atoms. The highest BCUT2D eigenvalue weighted by atomic mass is 32.1. The molecule has 2 heterocycles. The molecule has 0 unspecified atom stereocenters. The van der Waals surface area contributed by atoms with Crippen LogP contribution in [0.2, 0.25) is 0 Å². The lowest BCUT2D eigenvalue weighted by Gasteiger charge is -2.16. The summed E-state index contributed by atoms with van der Waals surface area (Å²) in [6, 6.07) is 12.4. The Bertz CT molecular complexity index is 1060. The van der Waals surface area contributed by atoms with Gasteiger partial charge in [-0.1, -0.05) is 6.07 Å². The molecule has 8 heteroatoms. The molecule has 0 bridgehead atoms. The monoisotopic (exact) mass is 409 g/mol. The van der Waals surface area contributed by atoms with E-state index in [0.717, 1.165) is 21.9 Å². The second-order valence-corrected chi connectivity index (χ2v) is 7.50. The van der Waals surface area contributed by atoms with Gasteiger partial charge in [0.2, 0.25) is 5.91 Å². The fourth-order valence-electron chi connectivity index (χ4n) is 3.37. The zero-order valence-electron chi connectivity index (χ0n) is 15.8. The van der Waals surface area contributed by atoms with Crippen LogP contribution in [0.1, 0.15) is 18.2 Å². The SMILES string of the molecule is CCOc1ccc(-c2nc(CC(=O)N3CCc4ccc([N+](=O)[O-])cc43)cs2)cc1. The Morgan fingerprint density at radius 2 is 2.07 bits per heavy atom. The molecule has 0 saturated heterocycles. The van der Waals surface area contributed by atoms with Crippen molar-refractivity contribution < 1.29 is 14.5 Å². The molecule has 0 fully saturated rings. The number of carbonyl (C=O) groups is 1. The smallest absolute Gasteiger partial charge is 0.271 e. The number of nitro benzene ring substituents is 1. The molecule has 1 aromatic heterocycles. The Hall–Kier alpha value is -3.26. The van der Waals surface area contributed by atoms with Crippen LogP contribution in [-0.4, -0.2) is 29.0 Å². The first-order valence-electron chi connectivity index (χ1n) is 9.30. The Morgan fingerprint density at radius 3 is 2.79 bits per heavy atom. The molecular formula is C21H19N3O4S. The van der Waals surface area contributed by atoms with E-state index in [1.807, 2.05) is 36.6 Å². The Balaban J connectivity index is 1.48. The zero-order chi connectivity index (χ0) is 20.4. The van der Waals surface area contributed by atoms with E-state index in [4.69, 9.17) is 4.74 Å². The van der Waals surface area contributed by atoms with E-state index in [0.29, 0.717) is 31.0 Å². The van der Waals surface area contributed by atoms with Crippen molar-refractivity contribution >= 4 is 28.6 Å². The summed E-state index contributed by atoms with van der Waals surface area (Å²) in [5.74, 6) is 0.706. The van der Waals surface area contributed by atoms with Crippen molar-refractivity contribution in [3.8, 4) is 16.3 Å². The summed E-state index contributed by atoms with van der Waals surface area (Å²) in [6.07, 6.45) is 0.864. The van der Waals surface area contributed by atoms with Crippen LogP contribution in [0.15, 0.2) is 47.8 Å². The van der Waals surface area contributed by atoms with Gasteiger partial charge in [-0.25, -0.2) is 4.98 Å². The van der Waals surface area contributed by atoms with Crippen LogP contribution in [0, 0.1) is 10.1 Å². The number of thiazole rings is 1. The Labute approximate surface area is 171 Å². The van der Waals surface area contributed by atoms with Gasteiger partial charge >= 0.3 is 0 Å². The molecular weight excluding hydrogens is 390 g/mol. The third-order valence-corrected chi connectivity index (χ3v) is 5.71. The minimum atomic E-state index is -0.440. The molecule has 4 rings (SSSR count). The van der Waals surface area contributed by atoms with Gasteiger partial charge < -0.3 is 9.64 Å². The maximum Gasteiger partial charge on any atom is 0.271 e. The summed E-state index contributed by atoms with van der Waals surface area (Å²) >= 11 is 1.49. The Kier molecular flexibility index (Phi) is 5.26. The van der Waals surface area contributed by atoms with Crippen molar-refractivity contribution in [3.63, 3.8) is 0 Å². The van der Waals surface area contributed by atoms with Crippen LogP contribution in [0.3, 0.4) is 0 Å². The van der Waals surface area contributed by atoms with Crippen molar-refractivity contribution in [3.05, 3.63) is 69.2 Å². The summed E-state index contributed by atoms with van der Waals surface area (Å²) in [4.78, 5) is 29.6. The minimum absolute atomic E-state index is 0.00473. The first-order chi connectivity index (χ1) is 14.0. The molecule has 0 radical (unpaired) electrons. The predicted molar refractivity (Wildman–Crippen MR) is 112 cm³/mol. The van der Waals surface area contributed by atoms with Gasteiger partial charge in [-0.05, 0) is 43.2 Å². The molecule has 29 heavy (non-hydrogen) atoms. The quantitative estimate of drug-likeness (QED) is 0.449. The molecule has 1 amide bonds. The highest BCUT2D eigenvalue weighted by Gasteiger charge is 2.27. The van der Waals surface area contributed by atoms with Crippen molar-refractivity contribution in [1.29, 1.82) is 0 Å². The minimum Gasteiger partial charge on any atom is -0.494 e. The van der Waals surface area contributed by atoms with Gasteiger partial charge in [0.15, 0.2) is 0 Å². The second-order valence-electron chi connectivity index (χ2n) is 6.64. The van der Waals surface area contributed by atoms with E-state index in [1.165, 1.54) is 23.5 Å². The van der Waals surface area contributed by atoms with Gasteiger partial charge in [-0.2, -0.15) is 0 Å². The van der Waals surface area contributed by atoms with Gasteiger partial charge in [-0.15, -0.1) is 11.3 Å². The van der Waals surface area contributed by atoms with Crippen LogP contribution in [0.4, 0.5) is 11.4 Å². The lowest BCUT2D eigenvalue weighted by atomic mass is 10.1. The maximum absolute atomic E-state index is 12.8. The summed E-state index contributed by atoms with van der Waals surface area (Å²) in [7, 11) is 0. The van der Waals surface area contributed by atoms with Gasteiger partial charge in [0.25, 0.3) is 5.69 Å². The number of hydrogen-bond acceptors (Lipinski definition) is 6. The molecule has 0 atom stereocenters. The third-order valence-electron chi connectivity index (χ3n) is 4.77.